The summed E-state index contributed by atoms with van der Waals surface area (Å²) in [5.74, 6) is 2.67. The van der Waals surface area contributed by atoms with Crippen molar-refractivity contribution >= 4 is 29.9 Å². The smallest absolute Gasteiger partial charge is 0.193 e. The van der Waals surface area contributed by atoms with Crippen molar-refractivity contribution in [3.05, 3.63) is 29.8 Å². The summed E-state index contributed by atoms with van der Waals surface area (Å²) in [5.41, 5.74) is 1.21. The highest BCUT2D eigenvalue weighted by Gasteiger charge is 2.19. The van der Waals surface area contributed by atoms with Crippen LogP contribution in [0.4, 0.5) is 0 Å². The van der Waals surface area contributed by atoms with Gasteiger partial charge in [0.2, 0.25) is 0 Å². The van der Waals surface area contributed by atoms with E-state index in [1.165, 1.54) is 18.4 Å². The molecule has 0 amide bonds. The van der Waals surface area contributed by atoms with Gasteiger partial charge in [0.25, 0.3) is 0 Å². The van der Waals surface area contributed by atoms with Crippen molar-refractivity contribution in [1.29, 1.82) is 0 Å². The molecule has 2 fully saturated rings. The second-order valence-electron chi connectivity index (χ2n) is 8.41. The van der Waals surface area contributed by atoms with Crippen molar-refractivity contribution in [3.63, 3.8) is 0 Å². The molecule has 0 radical (unpaired) electrons. The average molecular weight is 530 g/mol. The van der Waals surface area contributed by atoms with E-state index in [4.69, 9.17) is 9.47 Å². The van der Waals surface area contributed by atoms with E-state index in [1.54, 1.807) is 0 Å². The van der Waals surface area contributed by atoms with Crippen LogP contribution in [0.1, 0.15) is 38.2 Å². The molecule has 2 aliphatic rings. The lowest BCUT2D eigenvalue weighted by molar-refractivity contribution is 0.0392. The molecule has 1 atom stereocenters. The SMILES string of the molecule is CN=C(NCc1cccc(OCCN(C)C2CCOCC2)c1)N1CCCC(C)C1.I. The number of benzene rings is 1. The zero-order valence-electron chi connectivity index (χ0n) is 18.8. The van der Waals surface area contributed by atoms with Gasteiger partial charge < -0.3 is 19.7 Å². The van der Waals surface area contributed by atoms with E-state index in [0.717, 1.165) is 69.9 Å². The summed E-state index contributed by atoms with van der Waals surface area (Å²) in [7, 11) is 4.06. The third kappa shape index (κ3) is 7.89. The molecule has 0 saturated carbocycles. The van der Waals surface area contributed by atoms with Crippen molar-refractivity contribution in [2.45, 2.75) is 45.2 Å². The van der Waals surface area contributed by atoms with Gasteiger partial charge in [-0.25, -0.2) is 0 Å². The molecule has 170 valence electrons. The minimum atomic E-state index is 0. The van der Waals surface area contributed by atoms with Crippen LogP contribution in [0, 0.1) is 5.92 Å². The number of likely N-dealkylation sites (N-methyl/N-ethyl adjacent to an activating group) is 1. The first kappa shape index (κ1) is 25.2. The number of halogens is 1. The topological polar surface area (TPSA) is 49.3 Å². The molecular formula is C23H39IN4O2. The standard InChI is InChI=1S/C23H38N4O2.HI/c1-19-6-5-11-27(18-19)23(24-2)25-17-20-7-4-8-22(16-20)29-15-12-26(3)21-9-13-28-14-10-21;/h4,7-8,16,19,21H,5-6,9-15,17-18H2,1-3H3,(H,24,25);1H. The van der Waals surface area contributed by atoms with Gasteiger partial charge in [-0.2, -0.15) is 0 Å². The molecule has 0 aliphatic carbocycles. The molecule has 6 nitrogen and oxygen atoms in total. The van der Waals surface area contributed by atoms with Crippen molar-refractivity contribution in [1.82, 2.24) is 15.1 Å². The number of nitrogens with zero attached hydrogens (tertiary/aromatic N) is 3. The highest BCUT2D eigenvalue weighted by Crippen LogP contribution is 2.17. The normalized spacial score (nSPS) is 20.7. The molecule has 1 N–H and O–H groups in total. The maximum atomic E-state index is 6.03. The Morgan fingerprint density at radius 2 is 2.10 bits per heavy atom. The number of hydrogen-bond acceptors (Lipinski definition) is 4. The summed E-state index contributed by atoms with van der Waals surface area (Å²) in [6.45, 7) is 8.66. The van der Waals surface area contributed by atoms with E-state index in [1.807, 2.05) is 13.1 Å². The van der Waals surface area contributed by atoms with E-state index in [-0.39, 0.29) is 24.0 Å². The Balaban J connectivity index is 0.00000320. The molecule has 1 unspecified atom stereocenters. The predicted octanol–water partition coefficient (Wildman–Crippen LogP) is 3.60. The number of hydrogen-bond donors (Lipinski definition) is 1. The lowest BCUT2D eigenvalue weighted by Crippen LogP contribution is -2.45. The van der Waals surface area contributed by atoms with Crippen LogP contribution >= 0.6 is 24.0 Å². The van der Waals surface area contributed by atoms with Crippen LogP contribution in [0.25, 0.3) is 0 Å². The Hall–Kier alpha value is -1.06. The summed E-state index contributed by atoms with van der Waals surface area (Å²) in [5, 5.41) is 3.52. The van der Waals surface area contributed by atoms with Gasteiger partial charge in [-0.3, -0.25) is 9.89 Å². The van der Waals surface area contributed by atoms with Crippen molar-refractivity contribution in [2.75, 3.05) is 53.6 Å². The molecule has 2 saturated heterocycles. The van der Waals surface area contributed by atoms with Crippen LogP contribution < -0.4 is 10.1 Å². The van der Waals surface area contributed by atoms with Crippen molar-refractivity contribution in [2.24, 2.45) is 10.9 Å². The Morgan fingerprint density at radius 3 is 2.83 bits per heavy atom. The number of guanidine groups is 1. The zero-order valence-corrected chi connectivity index (χ0v) is 21.1. The molecule has 0 bridgehead atoms. The molecule has 1 aromatic carbocycles. The predicted molar refractivity (Wildman–Crippen MR) is 134 cm³/mol. The first-order chi connectivity index (χ1) is 14.2. The lowest BCUT2D eigenvalue weighted by atomic mass is 10.0. The summed E-state index contributed by atoms with van der Waals surface area (Å²) in [6.07, 6.45) is 4.80. The minimum absolute atomic E-state index is 0. The largest absolute Gasteiger partial charge is 0.492 e. The fourth-order valence-electron chi connectivity index (χ4n) is 4.26. The fourth-order valence-corrected chi connectivity index (χ4v) is 4.26. The quantitative estimate of drug-likeness (QED) is 0.332. The van der Waals surface area contributed by atoms with Gasteiger partial charge in [0.15, 0.2) is 5.96 Å². The van der Waals surface area contributed by atoms with Gasteiger partial charge in [-0.1, -0.05) is 19.1 Å². The lowest BCUT2D eigenvalue weighted by Gasteiger charge is -2.33. The summed E-state index contributed by atoms with van der Waals surface area (Å²) < 4.78 is 11.5. The Kier molecular flexibility index (Phi) is 11.2. The zero-order chi connectivity index (χ0) is 20.5. The van der Waals surface area contributed by atoms with Gasteiger partial charge in [-0.15, -0.1) is 24.0 Å². The summed E-state index contributed by atoms with van der Waals surface area (Å²) >= 11 is 0. The van der Waals surface area contributed by atoms with Crippen molar-refractivity contribution in [3.8, 4) is 5.75 Å². The third-order valence-corrected chi connectivity index (χ3v) is 6.04. The molecule has 0 aromatic heterocycles. The second-order valence-corrected chi connectivity index (χ2v) is 8.41. The number of ether oxygens (including phenoxy) is 2. The van der Waals surface area contributed by atoms with E-state index < -0.39 is 0 Å². The van der Waals surface area contributed by atoms with Crippen LogP contribution in [-0.2, 0) is 11.3 Å². The monoisotopic (exact) mass is 530 g/mol. The van der Waals surface area contributed by atoms with E-state index in [9.17, 15) is 0 Å². The Bertz CT molecular complexity index is 652. The van der Waals surface area contributed by atoms with Gasteiger partial charge in [-0.05, 0) is 56.3 Å². The molecule has 7 heteroatoms. The van der Waals surface area contributed by atoms with Crippen LogP contribution in [0.5, 0.6) is 5.75 Å². The molecule has 3 rings (SSSR count). The first-order valence-corrected chi connectivity index (χ1v) is 11.1. The molecule has 1 aromatic rings. The van der Waals surface area contributed by atoms with Gasteiger partial charge in [0.1, 0.15) is 12.4 Å². The minimum Gasteiger partial charge on any atom is -0.492 e. The van der Waals surface area contributed by atoms with Crippen LogP contribution in [0.2, 0.25) is 0 Å². The molecule has 0 spiro atoms. The first-order valence-electron chi connectivity index (χ1n) is 11.1. The number of nitrogens with one attached hydrogen (secondary N) is 1. The molecule has 30 heavy (non-hydrogen) atoms. The number of likely N-dealkylation sites (tertiary alicyclic amines) is 1. The van der Waals surface area contributed by atoms with E-state index in [2.05, 4.69) is 52.3 Å². The number of aliphatic imine (C=N–C) groups is 1. The average Bonchev–Trinajstić information content (AvgIpc) is 2.75. The van der Waals surface area contributed by atoms with Crippen molar-refractivity contribution < 1.29 is 9.47 Å². The Morgan fingerprint density at radius 1 is 1.30 bits per heavy atom. The maximum absolute atomic E-state index is 6.03. The second kappa shape index (κ2) is 13.4. The highest BCUT2D eigenvalue weighted by molar-refractivity contribution is 14.0. The van der Waals surface area contributed by atoms with Gasteiger partial charge in [0.05, 0.1) is 0 Å². The Labute approximate surface area is 199 Å². The van der Waals surface area contributed by atoms with E-state index >= 15 is 0 Å². The third-order valence-electron chi connectivity index (χ3n) is 6.04. The summed E-state index contributed by atoms with van der Waals surface area (Å²) in [4.78, 5) is 9.26. The number of piperidine rings is 1. The molecule has 2 aliphatic heterocycles. The maximum Gasteiger partial charge on any atom is 0.193 e. The van der Waals surface area contributed by atoms with Crippen LogP contribution in [-0.4, -0.2) is 75.4 Å². The number of rotatable bonds is 7. The van der Waals surface area contributed by atoms with E-state index in [0.29, 0.717) is 12.6 Å². The van der Waals surface area contributed by atoms with Gasteiger partial charge in [0, 0.05) is 52.5 Å². The van der Waals surface area contributed by atoms with Crippen LogP contribution in [0.15, 0.2) is 29.3 Å². The molecule has 2 heterocycles. The molecular weight excluding hydrogens is 491 g/mol. The summed E-state index contributed by atoms with van der Waals surface area (Å²) in [6, 6.07) is 9.00. The fraction of sp³-hybridized carbons (Fsp3) is 0.696. The highest BCUT2D eigenvalue weighted by atomic mass is 127. The van der Waals surface area contributed by atoms with Gasteiger partial charge >= 0.3 is 0 Å². The van der Waals surface area contributed by atoms with Crippen LogP contribution in [0.3, 0.4) is 0 Å².